The molecule has 7 heteroatoms. The van der Waals surface area contributed by atoms with E-state index in [1.807, 2.05) is 6.26 Å². The molecule has 1 aliphatic rings. The second kappa shape index (κ2) is 6.62. The van der Waals surface area contributed by atoms with E-state index >= 15 is 0 Å². The highest BCUT2D eigenvalue weighted by molar-refractivity contribution is 8.00. The lowest BCUT2D eigenvalue weighted by molar-refractivity contribution is 0.209. The van der Waals surface area contributed by atoms with Crippen LogP contribution in [0.1, 0.15) is 18.4 Å². The zero-order valence-electron chi connectivity index (χ0n) is 11.9. The standard InChI is InChI=1S/C14H19F2N3OS/c1-21-14(13(17)18-20)4-6-19(7-5-14)9-10-2-3-11(15)12(16)8-10/h2-3,8,20H,4-7,9H2,1H3,(H2,17,18). The summed E-state index contributed by atoms with van der Waals surface area (Å²) in [5, 5.41) is 12.0. The normalized spacial score (nSPS) is 19.7. The van der Waals surface area contributed by atoms with Gasteiger partial charge in [-0.2, -0.15) is 11.8 Å². The van der Waals surface area contributed by atoms with Crippen molar-refractivity contribution in [2.24, 2.45) is 10.9 Å². The Morgan fingerprint density at radius 2 is 2.05 bits per heavy atom. The van der Waals surface area contributed by atoms with Crippen molar-refractivity contribution in [1.82, 2.24) is 4.90 Å². The smallest absolute Gasteiger partial charge is 0.159 e. The molecule has 0 unspecified atom stereocenters. The number of hydrogen-bond acceptors (Lipinski definition) is 4. The fraction of sp³-hybridized carbons (Fsp3) is 0.500. The lowest BCUT2D eigenvalue weighted by Gasteiger charge is -2.39. The van der Waals surface area contributed by atoms with Crippen LogP contribution in [0.15, 0.2) is 23.4 Å². The topological polar surface area (TPSA) is 61.9 Å². The molecule has 0 aromatic heterocycles. The van der Waals surface area contributed by atoms with Crippen LogP contribution in [0, 0.1) is 11.6 Å². The zero-order valence-corrected chi connectivity index (χ0v) is 12.7. The first-order chi connectivity index (χ1) is 10.0. The summed E-state index contributed by atoms with van der Waals surface area (Å²) >= 11 is 1.59. The van der Waals surface area contributed by atoms with Crippen LogP contribution in [-0.4, -0.2) is 40.0 Å². The van der Waals surface area contributed by atoms with Crippen molar-refractivity contribution in [3.8, 4) is 0 Å². The molecule has 116 valence electrons. The summed E-state index contributed by atoms with van der Waals surface area (Å²) in [4.78, 5) is 2.16. The van der Waals surface area contributed by atoms with E-state index in [-0.39, 0.29) is 10.6 Å². The van der Waals surface area contributed by atoms with Crippen molar-refractivity contribution in [2.45, 2.75) is 24.1 Å². The van der Waals surface area contributed by atoms with E-state index in [9.17, 15) is 8.78 Å². The highest BCUT2D eigenvalue weighted by atomic mass is 32.2. The number of nitrogens with two attached hydrogens (primary N) is 1. The van der Waals surface area contributed by atoms with Gasteiger partial charge in [-0.25, -0.2) is 8.78 Å². The average Bonchev–Trinajstić information content (AvgIpc) is 2.51. The molecule has 2 rings (SSSR count). The molecule has 1 aromatic carbocycles. The molecule has 21 heavy (non-hydrogen) atoms. The molecular weight excluding hydrogens is 296 g/mol. The Morgan fingerprint density at radius 1 is 1.38 bits per heavy atom. The number of nitrogens with zero attached hydrogens (tertiary/aromatic N) is 2. The first kappa shape index (κ1) is 16.0. The molecule has 0 aliphatic carbocycles. The predicted molar refractivity (Wildman–Crippen MR) is 80.5 cm³/mol. The maximum absolute atomic E-state index is 13.2. The number of rotatable bonds is 4. The average molecular weight is 315 g/mol. The van der Waals surface area contributed by atoms with Crippen LogP contribution in [0.4, 0.5) is 8.78 Å². The van der Waals surface area contributed by atoms with Gasteiger partial charge in [0.25, 0.3) is 0 Å². The van der Waals surface area contributed by atoms with Crippen LogP contribution in [0.25, 0.3) is 0 Å². The van der Waals surface area contributed by atoms with Gasteiger partial charge in [-0.05, 0) is 36.8 Å². The highest BCUT2D eigenvalue weighted by Crippen LogP contribution is 2.35. The molecule has 0 atom stereocenters. The minimum Gasteiger partial charge on any atom is -0.409 e. The summed E-state index contributed by atoms with van der Waals surface area (Å²) in [6, 6.07) is 3.98. The van der Waals surface area contributed by atoms with Crippen molar-refractivity contribution in [2.75, 3.05) is 19.3 Å². The number of piperidine rings is 1. The summed E-state index contributed by atoms with van der Waals surface area (Å²) in [6.45, 7) is 2.09. The fourth-order valence-corrected chi connectivity index (χ4v) is 3.47. The van der Waals surface area contributed by atoms with Crippen LogP contribution < -0.4 is 5.73 Å². The molecular formula is C14H19F2N3OS. The van der Waals surface area contributed by atoms with Gasteiger partial charge in [0.1, 0.15) is 0 Å². The molecule has 1 aromatic rings. The van der Waals surface area contributed by atoms with Crippen molar-refractivity contribution in [3.05, 3.63) is 35.4 Å². The van der Waals surface area contributed by atoms with Gasteiger partial charge in [-0.1, -0.05) is 11.2 Å². The van der Waals surface area contributed by atoms with Gasteiger partial charge in [0.2, 0.25) is 0 Å². The van der Waals surface area contributed by atoms with Crippen molar-refractivity contribution in [1.29, 1.82) is 0 Å². The zero-order chi connectivity index (χ0) is 15.5. The lowest BCUT2D eigenvalue weighted by Crippen LogP contribution is -2.49. The summed E-state index contributed by atoms with van der Waals surface area (Å²) in [5.74, 6) is -1.40. The summed E-state index contributed by atoms with van der Waals surface area (Å²) < 4.78 is 25.8. The van der Waals surface area contributed by atoms with Gasteiger partial charge < -0.3 is 10.9 Å². The van der Waals surface area contributed by atoms with Crippen LogP contribution in [0.5, 0.6) is 0 Å². The summed E-state index contributed by atoms with van der Waals surface area (Å²) in [6.07, 6.45) is 3.46. The number of benzene rings is 1. The summed E-state index contributed by atoms with van der Waals surface area (Å²) in [5.41, 5.74) is 6.54. The Morgan fingerprint density at radius 3 is 2.57 bits per heavy atom. The number of hydrogen-bond donors (Lipinski definition) is 2. The minimum absolute atomic E-state index is 0.252. The van der Waals surface area contributed by atoms with Crippen molar-refractivity contribution in [3.63, 3.8) is 0 Å². The number of halogens is 2. The van der Waals surface area contributed by atoms with E-state index < -0.39 is 11.6 Å². The third kappa shape index (κ3) is 3.47. The van der Waals surface area contributed by atoms with Gasteiger partial charge >= 0.3 is 0 Å². The monoisotopic (exact) mass is 315 g/mol. The van der Waals surface area contributed by atoms with Crippen LogP contribution >= 0.6 is 11.8 Å². The molecule has 4 nitrogen and oxygen atoms in total. The Labute approximate surface area is 127 Å². The molecule has 1 fully saturated rings. The number of likely N-dealkylation sites (tertiary alicyclic amines) is 1. The quantitative estimate of drug-likeness (QED) is 0.388. The van der Waals surface area contributed by atoms with Crippen LogP contribution in [-0.2, 0) is 6.54 Å². The number of oxime groups is 1. The second-order valence-electron chi connectivity index (χ2n) is 5.21. The van der Waals surface area contributed by atoms with Crippen LogP contribution in [0.2, 0.25) is 0 Å². The Hall–Kier alpha value is -1.34. The molecule has 1 heterocycles. The molecule has 0 amide bonds. The molecule has 0 bridgehead atoms. The van der Waals surface area contributed by atoms with E-state index in [0.717, 1.165) is 37.6 Å². The van der Waals surface area contributed by atoms with Gasteiger partial charge in [0, 0.05) is 19.6 Å². The van der Waals surface area contributed by atoms with Gasteiger partial charge in [0.05, 0.1) is 4.75 Å². The van der Waals surface area contributed by atoms with E-state index in [2.05, 4.69) is 10.1 Å². The molecule has 0 radical (unpaired) electrons. The first-order valence-electron chi connectivity index (χ1n) is 6.70. The van der Waals surface area contributed by atoms with Crippen molar-refractivity contribution >= 4 is 17.6 Å². The van der Waals surface area contributed by atoms with Gasteiger partial charge in [-0.15, -0.1) is 0 Å². The SMILES string of the molecule is CSC1(/C(N)=N/O)CCN(Cc2ccc(F)c(F)c2)CC1. The van der Waals surface area contributed by atoms with E-state index in [1.165, 1.54) is 6.07 Å². The molecule has 0 saturated carbocycles. The van der Waals surface area contributed by atoms with E-state index in [1.54, 1.807) is 17.8 Å². The Balaban J connectivity index is 1.99. The van der Waals surface area contributed by atoms with Crippen LogP contribution in [0.3, 0.4) is 0 Å². The first-order valence-corrected chi connectivity index (χ1v) is 7.92. The lowest BCUT2D eigenvalue weighted by atomic mass is 9.94. The molecule has 1 saturated heterocycles. The van der Waals surface area contributed by atoms with E-state index in [0.29, 0.717) is 6.54 Å². The predicted octanol–water partition coefficient (Wildman–Crippen LogP) is 2.41. The second-order valence-corrected chi connectivity index (χ2v) is 6.40. The number of thioether (sulfide) groups is 1. The van der Waals surface area contributed by atoms with Gasteiger partial charge in [-0.3, -0.25) is 4.90 Å². The van der Waals surface area contributed by atoms with Gasteiger partial charge in [0.15, 0.2) is 17.5 Å². The fourth-order valence-electron chi connectivity index (χ4n) is 2.62. The highest BCUT2D eigenvalue weighted by Gasteiger charge is 2.38. The molecule has 0 spiro atoms. The Kier molecular flexibility index (Phi) is 5.05. The third-order valence-electron chi connectivity index (χ3n) is 4.02. The minimum atomic E-state index is -0.828. The molecule has 3 N–H and O–H groups in total. The maximum Gasteiger partial charge on any atom is 0.159 e. The summed E-state index contributed by atoms with van der Waals surface area (Å²) in [7, 11) is 0. The largest absolute Gasteiger partial charge is 0.409 e. The molecule has 1 aliphatic heterocycles. The van der Waals surface area contributed by atoms with E-state index in [4.69, 9.17) is 10.9 Å². The maximum atomic E-state index is 13.2. The van der Waals surface area contributed by atoms with Crippen molar-refractivity contribution < 1.29 is 14.0 Å². The Bertz CT molecular complexity index is 531. The number of amidine groups is 1. The third-order valence-corrected chi connectivity index (χ3v) is 5.42.